The zero-order valence-electron chi connectivity index (χ0n) is 42.0. The van der Waals surface area contributed by atoms with Crippen LogP contribution in [-0.4, -0.2) is 157 Å². The van der Waals surface area contributed by atoms with Crippen molar-refractivity contribution >= 4 is 59.3 Å². The number of hydrogen-bond acceptors (Lipinski definition) is 14. The lowest BCUT2D eigenvalue weighted by molar-refractivity contribution is -0.162. The molecule has 376 valence electrons. The molecule has 0 bridgehead atoms. The number of ether oxygens (including phenoxy) is 4. The number of carbonyl (C=O) groups is 8. The van der Waals surface area contributed by atoms with Gasteiger partial charge in [0, 0.05) is 50.2 Å². The number of ketones is 1. The van der Waals surface area contributed by atoms with Crippen LogP contribution in [0.15, 0.2) is 55.6 Å². The normalized spacial score (nSPS) is 14.5. The number of thioether (sulfide) groups is 1. The van der Waals surface area contributed by atoms with Crippen molar-refractivity contribution in [3.63, 3.8) is 0 Å². The van der Waals surface area contributed by atoms with Crippen molar-refractivity contribution in [2.75, 3.05) is 59.0 Å². The Hall–Kier alpha value is -5.23. The molecule has 0 aliphatic rings. The van der Waals surface area contributed by atoms with E-state index in [2.05, 4.69) is 23.8 Å². The first-order chi connectivity index (χ1) is 31.3. The van der Waals surface area contributed by atoms with Gasteiger partial charge >= 0.3 is 24.0 Å². The first-order valence-electron chi connectivity index (χ1n) is 22.7. The van der Waals surface area contributed by atoms with Crippen molar-refractivity contribution in [3.8, 4) is 0 Å². The van der Waals surface area contributed by atoms with Gasteiger partial charge in [-0.1, -0.05) is 83.7 Å². The first kappa shape index (κ1) is 59.8. The lowest BCUT2D eigenvalue weighted by Gasteiger charge is -2.36. The summed E-state index contributed by atoms with van der Waals surface area (Å²) >= 11 is 1.23. The van der Waals surface area contributed by atoms with Crippen LogP contribution in [0.2, 0.25) is 0 Å². The van der Waals surface area contributed by atoms with Crippen LogP contribution in [0.3, 0.4) is 0 Å². The van der Waals surface area contributed by atoms with E-state index in [9.17, 15) is 38.4 Å². The number of nitrogens with zero attached hydrogens (tertiary/aromatic N) is 3. The number of benzene rings is 1. The van der Waals surface area contributed by atoms with E-state index in [-0.39, 0.29) is 55.5 Å². The maximum atomic E-state index is 14.5. The molecule has 1 aromatic rings. The Balaban J connectivity index is 3.30. The molecular weight excluding hydrogens is 883 g/mol. The molecule has 0 fully saturated rings. The molecule has 0 heterocycles. The van der Waals surface area contributed by atoms with Gasteiger partial charge in [-0.25, -0.2) is 14.4 Å². The molecule has 67 heavy (non-hydrogen) atoms. The topological polar surface area (TPSA) is 207 Å². The van der Waals surface area contributed by atoms with Gasteiger partial charge in [-0.3, -0.25) is 24.0 Å². The summed E-state index contributed by atoms with van der Waals surface area (Å²) in [6, 6.07) is 4.04. The van der Waals surface area contributed by atoms with E-state index in [1.165, 1.54) is 60.5 Å². The summed E-state index contributed by atoms with van der Waals surface area (Å²) < 4.78 is 21.6. The summed E-state index contributed by atoms with van der Waals surface area (Å²) in [5.41, 5.74) is -0.287. The van der Waals surface area contributed by atoms with Crippen molar-refractivity contribution < 1.29 is 57.3 Å². The van der Waals surface area contributed by atoms with Gasteiger partial charge < -0.3 is 44.3 Å². The monoisotopic (exact) mass is 960 g/mol. The molecule has 0 aromatic heterocycles. The molecule has 18 heteroatoms. The summed E-state index contributed by atoms with van der Waals surface area (Å²) in [4.78, 5) is 111. The van der Waals surface area contributed by atoms with E-state index in [0.717, 1.165) is 0 Å². The molecular formula is C49H77N5O12S. The summed E-state index contributed by atoms with van der Waals surface area (Å²) in [5, 5.41) is 5.66. The molecule has 0 aliphatic heterocycles. The Bertz CT molecular complexity index is 1820. The Morgan fingerprint density at radius 2 is 1.27 bits per heavy atom. The molecule has 1 aromatic carbocycles. The van der Waals surface area contributed by atoms with Gasteiger partial charge in [0.15, 0.2) is 5.78 Å². The number of hydrogen-bond donors (Lipinski definition) is 2. The molecule has 4 amide bonds. The fourth-order valence-electron chi connectivity index (χ4n) is 6.88. The third kappa shape index (κ3) is 20.3. The number of amides is 4. The maximum Gasteiger partial charge on any atom is 0.408 e. The molecule has 1 rings (SSSR count). The standard InChI is InChI=1S/C49H77N5O12S/c1-16-22-37(50-26-39(55)36-23-20-19-21-24-36)28-65-47(61)40(31(4)5)53(14)43(57)35(18-3)29-67-30-38(52(13)42(56)34(9)51-48(62)66-49(10,11)12)44(58)54(15)41(32(6)7)46(60)64-27-33(8)45(59)63-25-17-2/h16-17,19-21,23-24,31-35,37-38,40-41,50H,1-2,18,22,25-30H2,3-15H3,(H,51,62)/t33-,34+,35+,37+,38+,40+,41+/m1/s1. The summed E-state index contributed by atoms with van der Waals surface area (Å²) in [5.74, 6) is -5.69. The highest BCUT2D eigenvalue weighted by Gasteiger charge is 2.40. The van der Waals surface area contributed by atoms with Gasteiger partial charge in [-0.05, 0) is 59.3 Å². The second kappa shape index (κ2) is 29.5. The minimum absolute atomic E-state index is 0.00531. The SMILES string of the molecule is C=CCOC(=O)[C@H](C)COC(=O)[C@H](C(C)C)N(C)C(=O)[C@H](CSC[C@H](CC)C(=O)N(C)[C@H](C(=O)OC[C@H](CC=C)NCC(=O)c1ccccc1)C(C)C)N(C)C(=O)[C@H](C)NC(=O)OC(C)(C)C. The zero-order chi connectivity index (χ0) is 51.2. The van der Waals surface area contributed by atoms with E-state index >= 15 is 0 Å². The molecule has 0 saturated carbocycles. The lowest BCUT2D eigenvalue weighted by Crippen LogP contribution is -2.58. The quantitative estimate of drug-likeness (QED) is 0.0451. The third-order valence-corrected chi connectivity index (χ3v) is 11.9. The van der Waals surface area contributed by atoms with Gasteiger partial charge in [-0.2, -0.15) is 11.8 Å². The van der Waals surface area contributed by atoms with Crippen LogP contribution >= 0.6 is 11.8 Å². The molecule has 0 radical (unpaired) electrons. The highest BCUT2D eigenvalue weighted by atomic mass is 32.2. The van der Waals surface area contributed by atoms with E-state index in [1.807, 2.05) is 13.0 Å². The average molecular weight is 960 g/mol. The molecule has 17 nitrogen and oxygen atoms in total. The summed E-state index contributed by atoms with van der Waals surface area (Å²) in [7, 11) is 4.38. The van der Waals surface area contributed by atoms with E-state index in [1.54, 1.807) is 85.9 Å². The Morgan fingerprint density at radius 1 is 0.716 bits per heavy atom. The molecule has 2 N–H and O–H groups in total. The fourth-order valence-corrected chi connectivity index (χ4v) is 8.27. The highest BCUT2D eigenvalue weighted by molar-refractivity contribution is 7.99. The van der Waals surface area contributed by atoms with Crippen LogP contribution in [-0.2, 0) is 47.7 Å². The van der Waals surface area contributed by atoms with Crippen molar-refractivity contribution in [2.24, 2.45) is 23.7 Å². The van der Waals surface area contributed by atoms with E-state index in [0.29, 0.717) is 18.4 Å². The lowest BCUT2D eigenvalue weighted by atomic mass is 10.00. The number of rotatable bonds is 29. The van der Waals surface area contributed by atoms with Crippen molar-refractivity contribution in [2.45, 2.75) is 118 Å². The number of esters is 3. The average Bonchev–Trinajstić information content (AvgIpc) is 3.26. The highest BCUT2D eigenvalue weighted by Crippen LogP contribution is 2.23. The van der Waals surface area contributed by atoms with Gasteiger partial charge in [0.05, 0.1) is 12.5 Å². The van der Waals surface area contributed by atoms with Crippen molar-refractivity contribution in [1.82, 2.24) is 25.3 Å². The second-order valence-electron chi connectivity index (χ2n) is 18.2. The molecule has 0 spiro atoms. The number of nitrogens with one attached hydrogen (secondary N) is 2. The molecule has 0 aliphatic carbocycles. The maximum absolute atomic E-state index is 14.5. The van der Waals surface area contributed by atoms with E-state index < -0.39 is 89.4 Å². The minimum Gasteiger partial charge on any atom is -0.463 e. The summed E-state index contributed by atoms with van der Waals surface area (Å²) in [6.07, 6.45) is 3.04. The number of alkyl carbamates (subject to hydrolysis) is 1. The Morgan fingerprint density at radius 3 is 1.78 bits per heavy atom. The van der Waals surface area contributed by atoms with Crippen LogP contribution in [0.1, 0.15) is 92.4 Å². The van der Waals surface area contributed by atoms with Crippen molar-refractivity contribution in [3.05, 3.63) is 61.2 Å². The fraction of sp³-hybridized carbons (Fsp3) is 0.633. The number of likely N-dealkylation sites (N-methyl/N-ethyl adjacent to an activating group) is 3. The van der Waals surface area contributed by atoms with Gasteiger partial charge in [0.25, 0.3) is 0 Å². The van der Waals surface area contributed by atoms with Crippen LogP contribution in [0.4, 0.5) is 4.79 Å². The Labute approximate surface area is 402 Å². The second-order valence-corrected chi connectivity index (χ2v) is 19.3. The van der Waals surface area contributed by atoms with Crippen LogP contribution in [0.5, 0.6) is 0 Å². The smallest absolute Gasteiger partial charge is 0.408 e. The van der Waals surface area contributed by atoms with Crippen LogP contribution < -0.4 is 10.6 Å². The third-order valence-electron chi connectivity index (χ3n) is 10.7. The van der Waals surface area contributed by atoms with Gasteiger partial charge in [-0.15, -0.1) is 6.58 Å². The van der Waals surface area contributed by atoms with Crippen LogP contribution in [0, 0.1) is 23.7 Å². The first-order valence-corrected chi connectivity index (χ1v) is 23.9. The predicted octanol–water partition coefficient (Wildman–Crippen LogP) is 5.32. The van der Waals surface area contributed by atoms with E-state index in [4.69, 9.17) is 18.9 Å². The molecule has 0 unspecified atom stereocenters. The minimum atomic E-state index is -1.20. The largest absolute Gasteiger partial charge is 0.463 e. The zero-order valence-corrected chi connectivity index (χ0v) is 42.8. The number of Topliss-reactive ketones (excluding diaryl/α,β-unsaturated/α-hetero) is 1. The predicted molar refractivity (Wildman–Crippen MR) is 259 cm³/mol. The van der Waals surface area contributed by atoms with Gasteiger partial charge in [0.1, 0.15) is 49.6 Å². The molecule has 0 saturated heterocycles. The van der Waals surface area contributed by atoms with Crippen molar-refractivity contribution in [1.29, 1.82) is 0 Å². The van der Waals surface area contributed by atoms with Crippen LogP contribution in [0.25, 0.3) is 0 Å². The Kier molecular flexibility index (Phi) is 26.3. The van der Waals surface area contributed by atoms with Gasteiger partial charge in [0.2, 0.25) is 17.7 Å². The number of carbonyl (C=O) groups excluding carboxylic acids is 8. The molecule has 7 atom stereocenters. The summed E-state index contributed by atoms with van der Waals surface area (Å²) in [6.45, 7) is 23.9.